The van der Waals surface area contributed by atoms with Gasteiger partial charge < -0.3 is 15.1 Å². The smallest absolute Gasteiger partial charge is 0.321 e. The van der Waals surface area contributed by atoms with Crippen LogP contribution in [-0.2, 0) is 9.59 Å². The average Bonchev–Trinajstić information content (AvgIpc) is 2.56. The first kappa shape index (κ1) is 26.1. The number of allylic oxidation sites excluding steroid dienone is 6. The van der Waals surface area contributed by atoms with Gasteiger partial charge in [-0.15, -0.1) is 0 Å². The SMILES string of the molecule is CC(C)=CCCC(C)=CCCC(C)=CCC(CCCN(C)C)(C(=O)O)C(=O)O. The Balaban J connectivity index is 4.83. The third kappa shape index (κ3) is 10.5. The van der Waals surface area contributed by atoms with Gasteiger partial charge >= 0.3 is 11.9 Å². The number of aliphatic carboxylic acids is 2. The fraction of sp³-hybridized carbons (Fsp3) is 0.652. The van der Waals surface area contributed by atoms with Crippen molar-refractivity contribution in [2.75, 3.05) is 20.6 Å². The minimum Gasteiger partial charge on any atom is -0.480 e. The van der Waals surface area contributed by atoms with E-state index < -0.39 is 17.4 Å². The van der Waals surface area contributed by atoms with Crippen molar-refractivity contribution < 1.29 is 19.8 Å². The molecule has 0 unspecified atom stereocenters. The van der Waals surface area contributed by atoms with E-state index in [0.717, 1.165) is 31.3 Å². The molecule has 0 rings (SSSR count). The summed E-state index contributed by atoms with van der Waals surface area (Å²) in [4.78, 5) is 25.5. The summed E-state index contributed by atoms with van der Waals surface area (Å²) in [6.45, 7) is 8.94. The largest absolute Gasteiger partial charge is 0.480 e. The molecular weight excluding hydrogens is 354 g/mol. The topological polar surface area (TPSA) is 77.8 Å². The highest BCUT2D eigenvalue weighted by molar-refractivity contribution is 5.98. The van der Waals surface area contributed by atoms with Crippen molar-refractivity contribution in [3.63, 3.8) is 0 Å². The zero-order chi connectivity index (χ0) is 21.7. The van der Waals surface area contributed by atoms with Crippen LogP contribution in [0.15, 0.2) is 34.9 Å². The van der Waals surface area contributed by atoms with E-state index in [0.29, 0.717) is 13.0 Å². The number of carbonyl (C=O) groups is 2. The Morgan fingerprint density at radius 3 is 1.82 bits per heavy atom. The molecule has 0 spiro atoms. The van der Waals surface area contributed by atoms with Crippen LogP contribution in [0.4, 0.5) is 0 Å². The van der Waals surface area contributed by atoms with Crippen LogP contribution in [0.2, 0.25) is 0 Å². The maximum atomic E-state index is 11.8. The predicted molar refractivity (Wildman–Crippen MR) is 116 cm³/mol. The molecule has 0 fully saturated rings. The van der Waals surface area contributed by atoms with Gasteiger partial charge in [0.1, 0.15) is 0 Å². The summed E-state index contributed by atoms with van der Waals surface area (Å²) in [6, 6.07) is 0. The minimum atomic E-state index is -1.74. The third-order valence-corrected chi connectivity index (χ3v) is 4.95. The lowest BCUT2D eigenvalue weighted by molar-refractivity contribution is -0.165. The van der Waals surface area contributed by atoms with E-state index in [-0.39, 0.29) is 12.8 Å². The molecule has 160 valence electrons. The van der Waals surface area contributed by atoms with E-state index in [1.54, 1.807) is 6.08 Å². The van der Waals surface area contributed by atoms with Gasteiger partial charge in [0.05, 0.1) is 0 Å². The molecule has 0 aromatic carbocycles. The van der Waals surface area contributed by atoms with Crippen molar-refractivity contribution in [3.05, 3.63) is 34.9 Å². The first-order chi connectivity index (χ1) is 13.0. The monoisotopic (exact) mass is 393 g/mol. The second kappa shape index (κ2) is 13.3. The predicted octanol–water partition coefficient (Wildman–Crippen LogP) is 5.29. The number of carboxylic acid groups (broad SMARTS) is 2. The molecule has 5 nitrogen and oxygen atoms in total. The van der Waals surface area contributed by atoms with E-state index >= 15 is 0 Å². The molecule has 0 aliphatic heterocycles. The molecule has 28 heavy (non-hydrogen) atoms. The van der Waals surface area contributed by atoms with Gasteiger partial charge in [0.15, 0.2) is 5.41 Å². The Kier molecular flexibility index (Phi) is 12.4. The maximum absolute atomic E-state index is 11.8. The lowest BCUT2D eigenvalue weighted by Gasteiger charge is -2.24. The van der Waals surface area contributed by atoms with Gasteiger partial charge in [0.2, 0.25) is 0 Å². The minimum absolute atomic E-state index is 0.0280. The fourth-order valence-electron chi connectivity index (χ4n) is 2.97. The maximum Gasteiger partial charge on any atom is 0.321 e. The molecular formula is C23H39NO4. The van der Waals surface area contributed by atoms with Crippen LogP contribution < -0.4 is 0 Å². The van der Waals surface area contributed by atoms with Crippen molar-refractivity contribution in [1.82, 2.24) is 4.90 Å². The summed E-state index contributed by atoms with van der Waals surface area (Å²) < 4.78 is 0. The molecule has 0 aromatic heterocycles. The summed E-state index contributed by atoms with van der Waals surface area (Å²) in [6.07, 6.45) is 10.7. The van der Waals surface area contributed by atoms with Crippen molar-refractivity contribution in [2.24, 2.45) is 5.41 Å². The summed E-state index contributed by atoms with van der Waals surface area (Å²) in [5.74, 6) is -2.50. The van der Waals surface area contributed by atoms with Crippen LogP contribution in [0.3, 0.4) is 0 Å². The molecule has 0 aromatic rings. The van der Waals surface area contributed by atoms with Gasteiger partial charge in [-0.25, -0.2) is 0 Å². The summed E-state index contributed by atoms with van der Waals surface area (Å²) in [5, 5.41) is 19.2. The molecule has 0 aliphatic rings. The molecule has 0 radical (unpaired) electrons. The zero-order valence-electron chi connectivity index (χ0n) is 18.5. The Hall–Kier alpha value is -1.88. The molecule has 0 atom stereocenters. The Bertz CT molecular complexity index is 582. The summed E-state index contributed by atoms with van der Waals surface area (Å²) in [5.41, 5.74) is 1.97. The first-order valence-corrected chi connectivity index (χ1v) is 10.1. The van der Waals surface area contributed by atoms with Crippen LogP contribution >= 0.6 is 0 Å². The highest BCUT2D eigenvalue weighted by Gasteiger charge is 2.45. The third-order valence-electron chi connectivity index (χ3n) is 4.95. The summed E-state index contributed by atoms with van der Waals surface area (Å²) in [7, 11) is 3.78. The first-order valence-electron chi connectivity index (χ1n) is 10.1. The van der Waals surface area contributed by atoms with E-state index in [1.807, 2.05) is 25.9 Å². The van der Waals surface area contributed by atoms with Crippen molar-refractivity contribution in [1.29, 1.82) is 0 Å². The van der Waals surface area contributed by atoms with Gasteiger partial charge in [-0.05, 0) is 93.3 Å². The lowest BCUT2D eigenvalue weighted by atomic mass is 9.79. The quantitative estimate of drug-likeness (QED) is 0.309. The van der Waals surface area contributed by atoms with Crippen LogP contribution in [0.5, 0.6) is 0 Å². The molecule has 0 heterocycles. The van der Waals surface area contributed by atoms with Gasteiger partial charge in [0, 0.05) is 0 Å². The van der Waals surface area contributed by atoms with Crippen molar-refractivity contribution >= 4 is 11.9 Å². The molecule has 5 heteroatoms. The average molecular weight is 394 g/mol. The number of rotatable bonds is 14. The summed E-state index contributed by atoms with van der Waals surface area (Å²) >= 11 is 0. The van der Waals surface area contributed by atoms with Crippen LogP contribution in [-0.4, -0.2) is 47.7 Å². The fourth-order valence-corrected chi connectivity index (χ4v) is 2.97. The lowest BCUT2D eigenvalue weighted by Crippen LogP contribution is -2.39. The normalized spacial score (nSPS) is 13.0. The zero-order valence-corrected chi connectivity index (χ0v) is 18.5. The van der Waals surface area contributed by atoms with Gasteiger partial charge in [0.25, 0.3) is 0 Å². The number of nitrogens with zero attached hydrogens (tertiary/aromatic N) is 1. The van der Waals surface area contributed by atoms with E-state index in [4.69, 9.17) is 0 Å². The van der Waals surface area contributed by atoms with E-state index in [1.165, 1.54) is 11.1 Å². The second-order valence-corrected chi connectivity index (χ2v) is 8.26. The standard InChI is InChI=1S/C23H39NO4/c1-18(2)10-7-11-19(3)12-8-13-20(4)14-16-23(21(25)26,22(27)28)15-9-17-24(5)6/h10,12,14H,7-9,11,13,15-17H2,1-6H3,(H,25,26)(H,27,28). The molecule has 0 aliphatic carbocycles. The Labute approximate surface area is 170 Å². The van der Waals surface area contributed by atoms with E-state index in [2.05, 4.69) is 32.9 Å². The Morgan fingerprint density at radius 2 is 1.36 bits per heavy atom. The molecule has 0 saturated carbocycles. The number of hydrogen-bond donors (Lipinski definition) is 2. The van der Waals surface area contributed by atoms with Crippen molar-refractivity contribution in [2.45, 2.75) is 72.6 Å². The molecule has 0 amide bonds. The highest BCUT2D eigenvalue weighted by atomic mass is 16.4. The number of carboxylic acids is 2. The van der Waals surface area contributed by atoms with Crippen LogP contribution in [0.25, 0.3) is 0 Å². The second-order valence-electron chi connectivity index (χ2n) is 8.26. The van der Waals surface area contributed by atoms with E-state index in [9.17, 15) is 19.8 Å². The van der Waals surface area contributed by atoms with Gasteiger partial charge in [-0.3, -0.25) is 9.59 Å². The Morgan fingerprint density at radius 1 is 0.857 bits per heavy atom. The number of hydrogen-bond acceptors (Lipinski definition) is 3. The van der Waals surface area contributed by atoms with Crippen LogP contribution in [0, 0.1) is 5.41 Å². The molecule has 2 N–H and O–H groups in total. The van der Waals surface area contributed by atoms with Gasteiger partial charge in [-0.2, -0.15) is 0 Å². The van der Waals surface area contributed by atoms with Crippen LogP contribution in [0.1, 0.15) is 72.6 Å². The molecule has 0 saturated heterocycles. The van der Waals surface area contributed by atoms with Crippen molar-refractivity contribution in [3.8, 4) is 0 Å². The van der Waals surface area contributed by atoms with Gasteiger partial charge in [-0.1, -0.05) is 34.9 Å². The molecule has 0 bridgehead atoms. The highest BCUT2D eigenvalue weighted by Crippen LogP contribution is 2.31.